The number of carbonyl (C=O) groups excluding carboxylic acids is 1. The Labute approximate surface area is 120 Å². The van der Waals surface area contributed by atoms with E-state index in [9.17, 15) is 4.79 Å². The Hall–Kier alpha value is -1.51. The van der Waals surface area contributed by atoms with Crippen molar-refractivity contribution in [3.05, 3.63) is 23.8 Å². The smallest absolute Gasteiger partial charge is 0.314 e. The second-order valence-corrected chi connectivity index (χ2v) is 5.85. The van der Waals surface area contributed by atoms with Crippen molar-refractivity contribution in [2.24, 2.45) is 11.8 Å². The van der Waals surface area contributed by atoms with Crippen LogP contribution in [0.3, 0.4) is 0 Å². The van der Waals surface area contributed by atoms with Crippen molar-refractivity contribution in [1.82, 2.24) is 0 Å². The van der Waals surface area contributed by atoms with Crippen LogP contribution >= 0.6 is 0 Å². The average molecular weight is 274 g/mol. The molecule has 0 radical (unpaired) electrons. The standard InChI is InChI=1S/C17H22O3/c1-3-11-5-7-13-14-8-6-12(19-4-2)10-16(14)20-17(18)15(13)9-11/h6,8,10-11,13,15H,3-5,7,9H2,1-2H3. The molecular weight excluding hydrogens is 252 g/mol. The van der Waals surface area contributed by atoms with Crippen molar-refractivity contribution in [1.29, 1.82) is 0 Å². The summed E-state index contributed by atoms with van der Waals surface area (Å²) in [5, 5.41) is 0. The van der Waals surface area contributed by atoms with Crippen molar-refractivity contribution in [3.63, 3.8) is 0 Å². The van der Waals surface area contributed by atoms with Gasteiger partial charge >= 0.3 is 5.97 Å². The van der Waals surface area contributed by atoms with E-state index in [0.29, 0.717) is 24.2 Å². The summed E-state index contributed by atoms with van der Waals surface area (Å²) in [4.78, 5) is 12.3. The minimum Gasteiger partial charge on any atom is -0.494 e. The van der Waals surface area contributed by atoms with Gasteiger partial charge < -0.3 is 9.47 Å². The fourth-order valence-corrected chi connectivity index (χ4v) is 3.61. The zero-order valence-electron chi connectivity index (χ0n) is 12.2. The molecule has 1 heterocycles. The molecule has 0 aromatic heterocycles. The molecule has 1 aromatic rings. The van der Waals surface area contributed by atoms with Gasteiger partial charge in [-0.2, -0.15) is 0 Å². The van der Waals surface area contributed by atoms with Crippen LogP contribution in [0, 0.1) is 11.8 Å². The van der Waals surface area contributed by atoms with E-state index in [0.717, 1.165) is 25.0 Å². The van der Waals surface area contributed by atoms with Gasteiger partial charge in [-0.1, -0.05) is 19.4 Å². The highest BCUT2D eigenvalue weighted by molar-refractivity contribution is 5.79. The molecule has 0 bridgehead atoms. The number of ether oxygens (including phenoxy) is 2. The van der Waals surface area contributed by atoms with Crippen LogP contribution in [-0.2, 0) is 4.79 Å². The first kappa shape index (κ1) is 13.5. The molecule has 108 valence electrons. The summed E-state index contributed by atoms with van der Waals surface area (Å²) in [5.74, 6) is 2.50. The number of esters is 1. The van der Waals surface area contributed by atoms with Gasteiger partial charge in [-0.15, -0.1) is 0 Å². The van der Waals surface area contributed by atoms with Crippen molar-refractivity contribution in [2.75, 3.05) is 6.61 Å². The molecule has 0 saturated heterocycles. The number of hydrogen-bond acceptors (Lipinski definition) is 3. The van der Waals surface area contributed by atoms with Gasteiger partial charge in [0.2, 0.25) is 0 Å². The third kappa shape index (κ3) is 2.30. The van der Waals surface area contributed by atoms with Crippen LogP contribution in [0.2, 0.25) is 0 Å². The van der Waals surface area contributed by atoms with Gasteiger partial charge in [-0.3, -0.25) is 4.79 Å². The molecule has 0 spiro atoms. The molecule has 0 N–H and O–H groups in total. The second kappa shape index (κ2) is 5.47. The second-order valence-electron chi connectivity index (χ2n) is 5.85. The zero-order valence-corrected chi connectivity index (χ0v) is 12.2. The van der Waals surface area contributed by atoms with Gasteiger partial charge in [0.25, 0.3) is 0 Å². The van der Waals surface area contributed by atoms with E-state index in [1.807, 2.05) is 19.1 Å². The Bertz CT molecular complexity index is 509. The normalized spacial score (nSPS) is 28.3. The summed E-state index contributed by atoms with van der Waals surface area (Å²) >= 11 is 0. The summed E-state index contributed by atoms with van der Waals surface area (Å²) in [7, 11) is 0. The van der Waals surface area contributed by atoms with Crippen molar-refractivity contribution in [3.8, 4) is 11.5 Å². The molecule has 3 atom stereocenters. The molecule has 1 fully saturated rings. The Kier molecular flexibility index (Phi) is 3.68. The molecule has 3 unspecified atom stereocenters. The molecule has 3 heteroatoms. The first-order valence-electron chi connectivity index (χ1n) is 7.71. The SMILES string of the molecule is CCOc1ccc2c(c1)OC(=O)C1CC(CC)CCC21. The third-order valence-electron chi connectivity index (χ3n) is 4.75. The van der Waals surface area contributed by atoms with Crippen LogP contribution in [0.15, 0.2) is 18.2 Å². The molecule has 3 nitrogen and oxygen atoms in total. The number of fused-ring (bicyclic) bond motifs is 3. The Balaban J connectivity index is 1.89. The fourth-order valence-electron chi connectivity index (χ4n) is 3.61. The van der Waals surface area contributed by atoms with E-state index in [2.05, 4.69) is 13.0 Å². The molecule has 1 saturated carbocycles. The fraction of sp³-hybridized carbons (Fsp3) is 0.588. The quantitative estimate of drug-likeness (QED) is 0.619. The van der Waals surface area contributed by atoms with E-state index in [-0.39, 0.29) is 11.9 Å². The first-order chi connectivity index (χ1) is 9.72. The lowest BCUT2D eigenvalue weighted by atomic mass is 9.69. The summed E-state index contributed by atoms with van der Waals surface area (Å²) in [6.07, 6.45) is 4.45. The van der Waals surface area contributed by atoms with Crippen LogP contribution < -0.4 is 9.47 Å². The van der Waals surface area contributed by atoms with Crippen molar-refractivity contribution >= 4 is 5.97 Å². The molecule has 1 aromatic carbocycles. The van der Waals surface area contributed by atoms with Crippen LogP contribution in [0.1, 0.15) is 51.0 Å². The Morgan fingerprint density at radius 2 is 2.10 bits per heavy atom. The first-order valence-corrected chi connectivity index (χ1v) is 7.71. The van der Waals surface area contributed by atoms with Gasteiger partial charge in [0.1, 0.15) is 11.5 Å². The highest BCUT2D eigenvalue weighted by Gasteiger charge is 2.41. The van der Waals surface area contributed by atoms with Crippen molar-refractivity contribution in [2.45, 2.75) is 45.4 Å². The van der Waals surface area contributed by atoms with Gasteiger partial charge in [0.15, 0.2) is 0 Å². The summed E-state index contributed by atoms with van der Waals surface area (Å²) < 4.78 is 11.0. The van der Waals surface area contributed by atoms with Crippen molar-refractivity contribution < 1.29 is 14.3 Å². The highest BCUT2D eigenvalue weighted by atomic mass is 16.5. The van der Waals surface area contributed by atoms with Crippen LogP contribution in [0.4, 0.5) is 0 Å². The van der Waals surface area contributed by atoms with E-state index in [1.54, 1.807) is 0 Å². The maximum absolute atomic E-state index is 12.3. The van der Waals surface area contributed by atoms with Crippen LogP contribution in [0.5, 0.6) is 11.5 Å². The molecular formula is C17H22O3. The molecule has 2 aliphatic rings. The zero-order chi connectivity index (χ0) is 14.1. The van der Waals surface area contributed by atoms with E-state index in [1.165, 1.54) is 12.0 Å². The summed E-state index contributed by atoms with van der Waals surface area (Å²) in [5.41, 5.74) is 1.19. The minimum atomic E-state index is -0.0469. The average Bonchev–Trinajstić information content (AvgIpc) is 2.47. The molecule has 3 rings (SSSR count). The molecule has 1 aliphatic heterocycles. The monoisotopic (exact) mass is 274 g/mol. The van der Waals surface area contributed by atoms with E-state index in [4.69, 9.17) is 9.47 Å². The van der Waals surface area contributed by atoms with E-state index < -0.39 is 0 Å². The largest absolute Gasteiger partial charge is 0.494 e. The van der Waals surface area contributed by atoms with Crippen LogP contribution in [-0.4, -0.2) is 12.6 Å². The number of hydrogen-bond donors (Lipinski definition) is 0. The maximum Gasteiger partial charge on any atom is 0.314 e. The van der Waals surface area contributed by atoms with Gasteiger partial charge in [-0.25, -0.2) is 0 Å². The Morgan fingerprint density at radius 1 is 1.25 bits per heavy atom. The lowest BCUT2D eigenvalue weighted by Crippen LogP contribution is -2.36. The van der Waals surface area contributed by atoms with Crippen LogP contribution in [0.25, 0.3) is 0 Å². The molecule has 1 aliphatic carbocycles. The lowest BCUT2D eigenvalue weighted by Gasteiger charge is -2.38. The third-order valence-corrected chi connectivity index (χ3v) is 4.75. The highest BCUT2D eigenvalue weighted by Crippen LogP contribution is 2.48. The molecule has 0 amide bonds. The number of rotatable bonds is 3. The number of carbonyl (C=O) groups is 1. The maximum atomic E-state index is 12.3. The minimum absolute atomic E-state index is 0.0469. The molecule has 20 heavy (non-hydrogen) atoms. The van der Waals surface area contributed by atoms with Gasteiger partial charge in [0.05, 0.1) is 12.5 Å². The summed E-state index contributed by atoms with van der Waals surface area (Å²) in [6, 6.07) is 5.93. The number of benzene rings is 1. The predicted octanol–water partition coefficient (Wildman–Crippen LogP) is 3.91. The lowest BCUT2D eigenvalue weighted by molar-refractivity contribution is -0.143. The Morgan fingerprint density at radius 3 is 2.85 bits per heavy atom. The van der Waals surface area contributed by atoms with E-state index >= 15 is 0 Å². The topological polar surface area (TPSA) is 35.5 Å². The summed E-state index contributed by atoms with van der Waals surface area (Å²) in [6.45, 7) is 4.78. The van der Waals surface area contributed by atoms with Gasteiger partial charge in [0, 0.05) is 12.0 Å². The predicted molar refractivity (Wildman–Crippen MR) is 77.1 cm³/mol. The van der Waals surface area contributed by atoms with Gasteiger partial charge in [-0.05, 0) is 43.7 Å².